The second kappa shape index (κ2) is 6.02. The molecule has 0 aliphatic heterocycles. The number of nitrogens with zero attached hydrogens (tertiary/aromatic N) is 3. The van der Waals surface area contributed by atoms with Gasteiger partial charge in [0.05, 0.1) is 23.5 Å². The van der Waals surface area contributed by atoms with Crippen molar-refractivity contribution in [1.29, 1.82) is 0 Å². The molecule has 20 heavy (non-hydrogen) atoms. The summed E-state index contributed by atoms with van der Waals surface area (Å²) in [5.74, 6) is 1.74. The van der Waals surface area contributed by atoms with Crippen molar-refractivity contribution in [1.82, 2.24) is 14.5 Å². The first kappa shape index (κ1) is 15.1. The first-order chi connectivity index (χ1) is 9.43. The van der Waals surface area contributed by atoms with Crippen molar-refractivity contribution >= 4 is 22.6 Å². The number of fused-ring (bicyclic) bond motifs is 1. The number of aromatic nitrogens is 2. The summed E-state index contributed by atoms with van der Waals surface area (Å²) >= 11 is 6.29. The van der Waals surface area contributed by atoms with Crippen LogP contribution in [0.15, 0.2) is 18.2 Å². The van der Waals surface area contributed by atoms with Gasteiger partial charge in [-0.05, 0) is 40.1 Å². The summed E-state index contributed by atoms with van der Waals surface area (Å²) in [5, 5.41) is -0.122. The summed E-state index contributed by atoms with van der Waals surface area (Å²) in [5.41, 5.74) is 2.03. The second-order valence-electron chi connectivity index (χ2n) is 5.36. The molecule has 0 saturated heterocycles. The van der Waals surface area contributed by atoms with Gasteiger partial charge in [0.1, 0.15) is 11.6 Å². The van der Waals surface area contributed by atoms with E-state index in [9.17, 15) is 0 Å². The maximum absolute atomic E-state index is 6.29. The third kappa shape index (κ3) is 2.91. The third-order valence-corrected chi connectivity index (χ3v) is 3.86. The molecule has 110 valence electrons. The van der Waals surface area contributed by atoms with Gasteiger partial charge in [0.25, 0.3) is 0 Å². The number of hydrogen-bond donors (Lipinski definition) is 0. The van der Waals surface area contributed by atoms with Crippen molar-refractivity contribution in [2.45, 2.75) is 31.8 Å². The van der Waals surface area contributed by atoms with Gasteiger partial charge in [-0.15, -0.1) is 11.6 Å². The summed E-state index contributed by atoms with van der Waals surface area (Å²) in [6.45, 7) is 4.99. The molecule has 0 bridgehead atoms. The van der Waals surface area contributed by atoms with Gasteiger partial charge in [0, 0.05) is 18.7 Å². The standard InChI is InChI=1S/C15H22ClN3O/c1-10(18(3)4)9-19-14-8-12(20-5)6-7-13(14)17-15(19)11(2)16/h6-8,10-11H,9H2,1-5H3. The van der Waals surface area contributed by atoms with Gasteiger partial charge in [-0.3, -0.25) is 0 Å². The van der Waals surface area contributed by atoms with Crippen molar-refractivity contribution in [2.24, 2.45) is 0 Å². The molecule has 0 spiro atoms. The Morgan fingerprint density at radius 1 is 1.35 bits per heavy atom. The molecule has 0 fully saturated rings. The van der Waals surface area contributed by atoms with Gasteiger partial charge < -0.3 is 14.2 Å². The lowest BCUT2D eigenvalue weighted by molar-refractivity contribution is 0.284. The number of ether oxygens (including phenoxy) is 1. The normalized spacial score (nSPS) is 14.8. The molecule has 0 aliphatic carbocycles. The van der Waals surface area contributed by atoms with E-state index in [0.29, 0.717) is 6.04 Å². The first-order valence-corrected chi connectivity index (χ1v) is 7.22. The lowest BCUT2D eigenvalue weighted by Gasteiger charge is -2.22. The van der Waals surface area contributed by atoms with Crippen LogP contribution in [0.4, 0.5) is 0 Å². The van der Waals surface area contributed by atoms with Crippen LogP contribution in [-0.4, -0.2) is 41.7 Å². The quantitative estimate of drug-likeness (QED) is 0.793. The number of halogens is 1. The van der Waals surface area contributed by atoms with E-state index in [1.807, 2.05) is 25.1 Å². The molecule has 0 amide bonds. The minimum Gasteiger partial charge on any atom is -0.497 e. The zero-order chi connectivity index (χ0) is 14.9. The maximum atomic E-state index is 6.29. The smallest absolute Gasteiger partial charge is 0.127 e. The number of benzene rings is 1. The van der Waals surface area contributed by atoms with Gasteiger partial charge in [0.2, 0.25) is 0 Å². The van der Waals surface area contributed by atoms with Crippen LogP contribution >= 0.6 is 11.6 Å². The summed E-state index contributed by atoms with van der Waals surface area (Å²) in [7, 11) is 5.83. The highest BCUT2D eigenvalue weighted by atomic mass is 35.5. The monoisotopic (exact) mass is 295 g/mol. The van der Waals surface area contributed by atoms with E-state index < -0.39 is 0 Å². The van der Waals surface area contributed by atoms with Crippen LogP contribution in [0.25, 0.3) is 11.0 Å². The molecule has 0 radical (unpaired) electrons. The van der Waals surface area contributed by atoms with Gasteiger partial charge in [-0.1, -0.05) is 0 Å². The lowest BCUT2D eigenvalue weighted by Crippen LogP contribution is -2.29. The number of likely N-dealkylation sites (N-methyl/N-ethyl adjacent to an activating group) is 1. The molecule has 0 aliphatic rings. The van der Waals surface area contributed by atoms with Crippen LogP contribution in [-0.2, 0) is 6.54 Å². The van der Waals surface area contributed by atoms with Crippen molar-refractivity contribution in [3.05, 3.63) is 24.0 Å². The number of alkyl halides is 1. The number of imidazole rings is 1. The van der Waals surface area contributed by atoms with Crippen LogP contribution in [0.1, 0.15) is 25.0 Å². The van der Waals surface area contributed by atoms with Crippen LogP contribution < -0.4 is 4.74 Å². The van der Waals surface area contributed by atoms with Gasteiger partial charge in [-0.2, -0.15) is 0 Å². The molecular formula is C15H22ClN3O. The Kier molecular flexibility index (Phi) is 4.55. The fraction of sp³-hybridized carbons (Fsp3) is 0.533. The predicted octanol–water partition coefficient (Wildman–Crippen LogP) is 3.29. The summed E-state index contributed by atoms with van der Waals surface area (Å²) in [4.78, 5) is 6.85. The topological polar surface area (TPSA) is 30.3 Å². The Morgan fingerprint density at radius 2 is 2.05 bits per heavy atom. The summed E-state index contributed by atoms with van der Waals surface area (Å²) in [6, 6.07) is 6.33. The second-order valence-corrected chi connectivity index (χ2v) is 6.02. The third-order valence-electron chi connectivity index (χ3n) is 3.67. The Hall–Kier alpha value is -1.26. The molecule has 4 nitrogen and oxygen atoms in total. The fourth-order valence-electron chi connectivity index (χ4n) is 2.17. The van der Waals surface area contributed by atoms with E-state index in [0.717, 1.165) is 29.2 Å². The van der Waals surface area contributed by atoms with Crippen LogP contribution in [0.2, 0.25) is 0 Å². The molecule has 0 N–H and O–H groups in total. The molecule has 0 saturated carbocycles. The van der Waals surface area contributed by atoms with E-state index in [4.69, 9.17) is 16.3 Å². The number of rotatable bonds is 5. The lowest BCUT2D eigenvalue weighted by atomic mass is 10.2. The number of hydrogen-bond acceptors (Lipinski definition) is 3. The average Bonchev–Trinajstić information content (AvgIpc) is 2.76. The Labute approximate surface area is 125 Å². The molecule has 2 atom stereocenters. The van der Waals surface area contributed by atoms with Crippen LogP contribution in [0.5, 0.6) is 5.75 Å². The maximum Gasteiger partial charge on any atom is 0.127 e. The van der Waals surface area contributed by atoms with E-state index in [2.05, 4.69) is 35.5 Å². The zero-order valence-electron chi connectivity index (χ0n) is 12.7. The molecule has 5 heteroatoms. The van der Waals surface area contributed by atoms with E-state index in [-0.39, 0.29) is 5.38 Å². The van der Waals surface area contributed by atoms with E-state index in [1.165, 1.54) is 0 Å². The number of methoxy groups -OCH3 is 1. The van der Waals surface area contributed by atoms with Crippen molar-refractivity contribution in [3.8, 4) is 5.75 Å². The average molecular weight is 296 g/mol. The van der Waals surface area contributed by atoms with E-state index in [1.54, 1.807) is 7.11 Å². The Morgan fingerprint density at radius 3 is 2.60 bits per heavy atom. The fourth-order valence-corrected chi connectivity index (χ4v) is 2.34. The summed E-state index contributed by atoms with van der Waals surface area (Å²) < 4.78 is 7.51. The molecule has 2 unspecified atom stereocenters. The SMILES string of the molecule is COc1ccc2nc(C(C)Cl)n(CC(C)N(C)C)c2c1. The van der Waals surface area contributed by atoms with Gasteiger partial charge in [0.15, 0.2) is 0 Å². The highest BCUT2D eigenvalue weighted by molar-refractivity contribution is 6.20. The van der Waals surface area contributed by atoms with Gasteiger partial charge in [-0.25, -0.2) is 4.98 Å². The Bertz CT molecular complexity index is 592. The molecule has 1 aromatic carbocycles. The highest BCUT2D eigenvalue weighted by Gasteiger charge is 2.18. The minimum atomic E-state index is -0.122. The van der Waals surface area contributed by atoms with E-state index >= 15 is 0 Å². The van der Waals surface area contributed by atoms with Crippen molar-refractivity contribution in [2.75, 3.05) is 21.2 Å². The zero-order valence-corrected chi connectivity index (χ0v) is 13.5. The molecular weight excluding hydrogens is 274 g/mol. The van der Waals surface area contributed by atoms with Crippen molar-refractivity contribution < 1.29 is 4.74 Å². The van der Waals surface area contributed by atoms with Crippen LogP contribution in [0.3, 0.4) is 0 Å². The molecule has 1 heterocycles. The highest BCUT2D eigenvalue weighted by Crippen LogP contribution is 2.27. The molecule has 2 rings (SSSR count). The predicted molar refractivity (Wildman–Crippen MR) is 83.7 cm³/mol. The largest absolute Gasteiger partial charge is 0.497 e. The van der Waals surface area contributed by atoms with Gasteiger partial charge >= 0.3 is 0 Å². The van der Waals surface area contributed by atoms with Crippen LogP contribution in [0, 0.1) is 0 Å². The minimum absolute atomic E-state index is 0.122. The molecule has 2 aromatic rings. The first-order valence-electron chi connectivity index (χ1n) is 6.78. The molecule has 1 aromatic heterocycles. The summed E-state index contributed by atoms with van der Waals surface area (Å²) in [6.07, 6.45) is 0. The van der Waals surface area contributed by atoms with Crippen molar-refractivity contribution in [3.63, 3.8) is 0 Å². The Balaban J connectivity index is 2.54.